The zero-order valence-corrected chi connectivity index (χ0v) is 26.0. The van der Waals surface area contributed by atoms with Gasteiger partial charge in [-0.25, -0.2) is 14.6 Å². The quantitative estimate of drug-likeness (QED) is 0.197. The number of aliphatic carboxylic acids is 1. The summed E-state index contributed by atoms with van der Waals surface area (Å²) in [7, 11) is 0. The summed E-state index contributed by atoms with van der Waals surface area (Å²) in [6, 6.07) is 22.4. The number of benzene rings is 2. The lowest BCUT2D eigenvalue weighted by Crippen LogP contribution is -2.50. The molecule has 0 aliphatic carbocycles. The fourth-order valence-corrected chi connectivity index (χ4v) is 5.32. The van der Waals surface area contributed by atoms with E-state index in [-0.39, 0.29) is 38.3 Å². The molecular weight excluding hydrogens is 590 g/mol. The number of amides is 3. The van der Waals surface area contributed by atoms with Crippen molar-refractivity contribution in [3.63, 3.8) is 0 Å². The second-order valence-electron chi connectivity index (χ2n) is 11.4. The van der Waals surface area contributed by atoms with Gasteiger partial charge in [0.1, 0.15) is 25.1 Å². The number of likely N-dealkylation sites (tertiary alicyclic amines) is 1. The zero-order valence-electron chi connectivity index (χ0n) is 26.0. The highest BCUT2D eigenvalue weighted by atomic mass is 16.6. The highest BCUT2D eigenvalue weighted by molar-refractivity contribution is 5.89. The standard InChI is InChI=1S/C34H41N5O7/c1-23(2)31(25-13-7-4-8-14-25)32(41)38-28(33(42)43)19-37-30(40)22-45-27-17-26(18-36-29-15-9-10-16-35-29)39(20-27)34(44)46-21-24-11-5-3-6-12-24/h3-16,23,26-28,31H,17-22H2,1-2H3,(H,35,36)(H,37,40)(H,38,41)(H,42,43). The van der Waals surface area contributed by atoms with Crippen molar-refractivity contribution >= 4 is 29.7 Å². The number of carbonyl (C=O) groups excluding carboxylic acids is 3. The molecule has 1 fully saturated rings. The fourth-order valence-electron chi connectivity index (χ4n) is 5.32. The first kappa shape index (κ1) is 33.9. The Bertz CT molecular complexity index is 1430. The smallest absolute Gasteiger partial charge is 0.410 e. The molecule has 0 radical (unpaired) electrons. The number of hydrogen-bond donors (Lipinski definition) is 4. The van der Waals surface area contributed by atoms with Crippen LogP contribution in [0.3, 0.4) is 0 Å². The Morgan fingerprint density at radius 3 is 2.33 bits per heavy atom. The first-order valence-electron chi connectivity index (χ1n) is 15.3. The third-order valence-electron chi connectivity index (χ3n) is 7.68. The van der Waals surface area contributed by atoms with Crippen LogP contribution in [-0.2, 0) is 30.5 Å². The predicted molar refractivity (Wildman–Crippen MR) is 171 cm³/mol. The lowest BCUT2D eigenvalue weighted by atomic mass is 9.87. The second-order valence-corrected chi connectivity index (χ2v) is 11.4. The molecule has 4 atom stereocenters. The first-order chi connectivity index (χ1) is 22.2. The van der Waals surface area contributed by atoms with Gasteiger partial charge in [-0.05, 0) is 35.6 Å². The number of nitrogens with zero attached hydrogens (tertiary/aromatic N) is 2. The van der Waals surface area contributed by atoms with Crippen LogP contribution in [0, 0.1) is 5.92 Å². The maximum atomic E-state index is 13.1. The van der Waals surface area contributed by atoms with E-state index in [1.807, 2.05) is 92.7 Å². The largest absolute Gasteiger partial charge is 0.480 e. The van der Waals surface area contributed by atoms with Crippen molar-refractivity contribution in [2.24, 2.45) is 5.92 Å². The van der Waals surface area contributed by atoms with E-state index in [9.17, 15) is 24.3 Å². The van der Waals surface area contributed by atoms with Gasteiger partial charge in [0.25, 0.3) is 0 Å². The van der Waals surface area contributed by atoms with Crippen molar-refractivity contribution in [1.82, 2.24) is 20.5 Å². The van der Waals surface area contributed by atoms with E-state index in [1.54, 1.807) is 11.1 Å². The van der Waals surface area contributed by atoms with Gasteiger partial charge in [-0.3, -0.25) is 9.59 Å². The molecule has 12 nitrogen and oxygen atoms in total. The molecule has 2 heterocycles. The Kier molecular flexibility index (Phi) is 12.5. The Balaban J connectivity index is 1.29. The minimum Gasteiger partial charge on any atom is -0.480 e. The van der Waals surface area contributed by atoms with Gasteiger partial charge in [0.2, 0.25) is 11.8 Å². The van der Waals surface area contributed by atoms with E-state index in [4.69, 9.17) is 9.47 Å². The van der Waals surface area contributed by atoms with E-state index >= 15 is 0 Å². The van der Waals surface area contributed by atoms with Gasteiger partial charge in [-0.15, -0.1) is 0 Å². The number of carboxylic acid groups (broad SMARTS) is 1. The van der Waals surface area contributed by atoms with Crippen molar-refractivity contribution < 1.29 is 33.8 Å². The molecule has 1 saturated heterocycles. The number of aromatic nitrogens is 1. The minimum absolute atomic E-state index is 0.0792. The SMILES string of the molecule is CC(C)C(C(=O)NC(CNC(=O)COC1CC(CNc2ccccn2)N(C(=O)OCc2ccccc2)C1)C(=O)O)c1ccccc1. The van der Waals surface area contributed by atoms with Crippen molar-refractivity contribution in [3.05, 3.63) is 96.2 Å². The van der Waals surface area contributed by atoms with Crippen LogP contribution in [-0.4, -0.2) is 83.3 Å². The number of pyridine rings is 1. The molecular formula is C34H41N5O7. The Labute approximate surface area is 268 Å². The number of carboxylic acids is 1. The molecule has 46 heavy (non-hydrogen) atoms. The van der Waals surface area contributed by atoms with Crippen LogP contribution >= 0.6 is 0 Å². The Hall–Kier alpha value is -4.97. The molecule has 0 saturated carbocycles. The minimum atomic E-state index is -1.33. The van der Waals surface area contributed by atoms with Crippen molar-refractivity contribution in [3.8, 4) is 0 Å². The van der Waals surface area contributed by atoms with Gasteiger partial charge < -0.3 is 35.4 Å². The summed E-state index contributed by atoms with van der Waals surface area (Å²) in [5.41, 5.74) is 1.64. The lowest BCUT2D eigenvalue weighted by molar-refractivity contribution is -0.142. The van der Waals surface area contributed by atoms with E-state index < -0.39 is 41.9 Å². The summed E-state index contributed by atoms with van der Waals surface area (Å²) < 4.78 is 11.4. The first-order valence-corrected chi connectivity index (χ1v) is 15.3. The number of anilines is 1. The summed E-state index contributed by atoms with van der Waals surface area (Å²) in [6.07, 6.45) is 1.15. The summed E-state index contributed by atoms with van der Waals surface area (Å²) in [4.78, 5) is 56.6. The molecule has 2 aromatic carbocycles. The van der Waals surface area contributed by atoms with Crippen molar-refractivity contribution in [1.29, 1.82) is 0 Å². The summed E-state index contributed by atoms with van der Waals surface area (Å²) in [6.45, 7) is 3.83. The lowest BCUT2D eigenvalue weighted by Gasteiger charge is -2.24. The van der Waals surface area contributed by atoms with E-state index in [2.05, 4.69) is 20.9 Å². The van der Waals surface area contributed by atoms with Crippen LogP contribution in [0.1, 0.15) is 37.3 Å². The van der Waals surface area contributed by atoms with Crippen molar-refractivity contribution in [2.45, 2.75) is 51.0 Å². The highest BCUT2D eigenvalue weighted by Gasteiger charge is 2.37. The molecule has 1 aromatic heterocycles. The highest BCUT2D eigenvalue weighted by Crippen LogP contribution is 2.25. The average Bonchev–Trinajstić information content (AvgIpc) is 3.48. The fraction of sp³-hybridized carbons (Fsp3) is 0.382. The molecule has 0 spiro atoms. The van der Waals surface area contributed by atoms with Crippen LogP contribution in [0.15, 0.2) is 85.1 Å². The van der Waals surface area contributed by atoms with Gasteiger partial charge in [-0.1, -0.05) is 80.6 Å². The van der Waals surface area contributed by atoms with Crippen LogP contribution in [0.5, 0.6) is 0 Å². The molecule has 1 aliphatic heterocycles. The number of hydrogen-bond acceptors (Lipinski definition) is 8. The number of nitrogens with one attached hydrogen (secondary N) is 3. The molecule has 4 N–H and O–H groups in total. The van der Waals surface area contributed by atoms with Crippen LogP contribution < -0.4 is 16.0 Å². The molecule has 0 bridgehead atoms. The maximum absolute atomic E-state index is 13.1. The third kappa shape index (κ3) is 10.0. The second kappa shape index (κ2) is 16.9. The average molecular weight is 632 g/mol. The summed E-state index contributed by atoms with van der Waals surface area (Å²) >= 11 is 0. The van der Waals surface area contributed by atoms with E-state index in [0.29, 0.717) is 18.8 Å². The third-order valence-corrected chi connectivity index (χ3v) is 7.68. The van der Waals surface area contributed by atoms with Crippen LogP contribution in [0.4, 0.5) is 10.6 Å². The summed E-state index contributed by atoms with van der Waals surface area (Å²) in [5.74, 6) is -2.22. The molecule has 4 rings (SSSR count). The van der Waals surface area contributed by atoms with E-state index in [0.717, 1.165) is 11.1 Å². The number of ether oxygens (including phenoxy) is 2. The normalized spacial score (nSPS) is 17.2. The molecule has 3 amide bonds. The zero-order chi connectivity index (χ0) is 32.9. The number of carbonyl (C=O) groups is 4. The Morgan fingerprint density at radius 1 is 0.978 bits per heavy atom. The van der Waals surface area contributed by atoms with Crippen molar-refractivity contribution in [2.75, 3.05) is 31.6 Å². The predicted octanol–water partition coefficient (Wildman–Crippen LogP) is 3.42. The maximum Gasteiger partial charge on any atom is 0.410 e. The summed E-state index contributed by atoms with van der Waals surface area (Å²) in [5, 5.41) is 18.1. The van der Waals surface area contributed by atoms with Gasteiger partial charge >= 0.3 is 12.1 Å². The molecule has 244 valence electrons. The Morgan fingerprint density at radius 2 is 1.67 bits per heavy atom. The monoisotopic (exact) mass is 631 g/mol. The molecule has 12 heteroatoms. The topological polar surface area (TPSA) is 159 Å². The molecule has 1 aliphatic rings. The number of rotatable bonds is 15. The van der Waals surface area contributed by atoms with Gasteiger partial charge in [0.15, 0.2) is 0 Å². The van der Waals surface area contributed by atoms with Crippen LogP contribution in [0.25, 0.3) is 0 Å². The van der Waals surface area contributed by atoms with Gasteiger partial charge in [0.05, 0.1) is 24.6 Å². The molecule has 3 aromatic rings. The van der Waals surface area contributed by atoms with Gasteiger partial charge in [0, 0.05) is 19.3 Å². The van der Waals surface area contributed by atoms with E-state index in [1.165, 1.54) is 0 Å². The molecule has 4 unspecified atom stereocenters. The van der Waals surface area contributed by atoms with Gasteiger partial charge in [-0.2, -0.15) is 0 Å². The van der Waals surface area contributed by atoms with Crippen LogP contribution in [0.2, 0.25) is 0 Å².